The Hall–Kier alpha value is -1.68. The number of benzene rings is 2. The molecule has 0 unspecified atom stereocenters. The van der Waals surface area contributed by atoms with Gasteiger partial charge >= 0.3 is 0 Å². The number of nitrogens with zero attached hydrogens (tertiary/aromatic N) is 1. The van der Waals surface area contributed by atoms with E-state index in [1.807, 2.05) is 36.0 Å². The molecule has 3 nitrogen and oxygen atoms in total. The predicted octanol–water partition coefficient (Wildman–Crippen LogP) is 2.92. The zero-order chi connectivity index (χ0) is 13.8. The zero-order valence-electron chi connectivity index (χ0n) is 11.3. The Kier molecular flexibility index (Phi) is 4.32. The van der Waals surface area contributed by atoms with Crippen molar-refractivity contribution < 1.29 is 0 Å². The topological polar surface area (TPSA) is 53.1 Å². The van der Waals surface area contributed by atoms with Crippen molar-refractivity contribution >= 4 is 34.1 Å². The van der Waals surface area contributed by atoms with Gasteiger partial charge < -0.3 is 10.6 Å². The van der Waals surface area contributed by atoms with Crippen molar-refractivity contribution in [3.05, 3.63) is 42.0 Å². The van der Waals surface area contributed by atoms with Gasteiger partial charge in [0.05, 0.1) is 0 Å². The molecule has 0 fully saturated rings. The largest absolute Gasteiger partial charge is 0.384 e. The third-order valence-electron chi connectivity index (χ3n) is 3.23. The fourth-order valence-corrected chi connectivity index (χ4v) is 2.66. The Balaban J connectivity index is 2.52. The lowest BCUT2D eigenvalue weighted by atomic mass is 10.0. The first-order chi connectivity index (χ1) is 9.15. The van der Waals surface area contributed by atoms with E-state index in [2.05, 4.69) is 30.3 Å². The quantitative estimate of drug-likeness (QED) is 0.650. The van der Waals surface area contributed by atoms with Gasteiger partial charge in [0.1, 0.15) is 5.84 Å². The Morgan fingerprint density at radius 2 is 1.89 bits per heavy atom. The minimum Gasteiger partial charge on any atom is -0.384 e. The fourth-order valence-electron chi connectivity index (χ4n) is 2.20. The van der Waals surface area contributed by atoms with Crippen molar-refractivity contribution in [2.45, 2.75) is 0 Å². The second-order valence-electron chi connectivity index (χ2n) is 4.51. The Bertz CT molecular complexity index is 595. The maximum atomic E-state index is 7.67. The molecule has 0 heterocycles. The van der Waals surface area contributed by atoms with Crippen LogP contribution in [0.25, 0.3) is 10.8 Å². The summed E-state index contributed by atoms with van der Waals surface area (Å²) in [5.74, 6) is 1.22. The highest BCUT2D eigenvalue weighted by Crippen LogP contribution is 2.28. The number of hydrogen-bond acceptors (Lipinski definition) is 3. The average Bonchev–Trinajstić information content (AvgIpc) is 2.43. The molecule has 0 bridgehead atoms. The van der Waals surface area contributed by atoms with Crippen molar-refractivity contribution in [2.75, 3.05) is 30.5 Å². The van der Waals surface area contributed by atoms with Gasteiger partial charge in [0.25, 0.3) is 0 Å². The molecule has 2 aromatic carbocycles. The van der Waals surface area contributed by atoms with E-state index >= 15 is 0 Å². The molecule has 100 valence electrons. The van der Waals surface area contributed by atoms with Crippen LogP contribution in [0.1, 0.15) is 5.56 Å². The van der Waals surface area contributed by atoms with Gasteiger partial charge in [-0.05, 0) is 23.8 Å². The van der Waals surface area contributed by atoms with Crippen LogP contribution in [0.15, 0.2) is 36.4 Å². The van der Waals surface area contributed by atoms with Crippen molar-refractivity contribution in [3.63, 3.8) is 0 Å². The Labute approximate surface area is 118 Å². The molecule has 0 aliphatic rings. The van der Waals surface area contributed by atoms with Crippen LogP contribution in [0.5, 0.6) is 0 Å². The third kappa shape index (κ3) is 2.84. The molecular weight excluding hydrogens is 254 g/mol. The summed E-state index contributed by atoms with van der Waals surface area (Å²) in [4.78, 5) is 2.25. The number of hydrogen-bond donors (Lipinski definition) is 2. The number of nitrogens with one attached hydrogen (secondary N) is 1. The molecule has 0 radical (unpaired) electrons. The summed E-state index contributed by atoms with van der Waals surface area (Å²) in [6, 6.07) is 12.1. The summed E-state index contributed by atoms with van der Waals surface area (Å²) in [7, 11) is 2.10. The van der Waals surface area contributed by atoms with Gasteiger partial charge in [0, 0.05) is 36.0 Å². The van der Waals surface area contributed by atoms with Crippen LogP contribution in [0, 0.1) is 5.41 Å². The Morgan fingerprint density at radius 3 is 2.53 bits per heavy atom. The highest BCUT2D eigenvalue weighted by Gasteiger charge is 2.10. The molecule has 4 heteroatoms. The van der Waals surface area contributed by atoms with Gasteiger partial charge in [-0.1, -0.05) is 24.3 Å². The first-order valence-corrected chi connectivity index (χ1v) is 7.60. The first kappa shape index (κ1) is 13.7. The zero-order valence-corrected chi connectivity index (χ0v) is 12.1. The number of thioether (sulfide) groups is 1. The number of anilines is 1. The van der Waals surface area contributed by atoms with Gasteiger partial charge in [0.15, 0.2) is 0 Å². The number of amidine groups is 1. The standard InChI is InChI=1S/C15H19N3S/c1-18(9-10-19-2)14-8-7-13(15(16)17)11-5-3-4-6-12(11)14/h3-8H,9-10H2,1-2H3,(H3,16,17). The summed E-state index contributed by atoms with van der Waals surface area (Å²) >= 11 is 1.84. The highest BCUT2D eigenvalue weighted by molar-refractivity contribution is 7.98. The maximum Gasteiger partial charge on any atom is 0.123 e. The van der Waals surface area contributed by atoms with E-state index in [1.165, 1.54) is 5.69 Å². The summed E-state index contributed by atoms with van der Waals surface area (Å²) in [5, 5.41) is 9.86. The van der Waals surface area contributed by atoms with E-state index in [9.17, 15) is 0 Å². The van der Waals surface area contributed by atoms with Gasteiger partial charge in [-0.15, -0.1) is 0 Å². The van der Waals surface area contributed by atoms with Crippen molar-refractivity contribution in [1.82, 2.24) is 0 Å². The lowest BCUT2D eigenvalue weighted by Gasteiger charge is -2.21. The van der Waals surface area contributed by atoms with Crippen LogP contribution in [-0.2, 0) is 0 Å². The second kappa shape index (κ2) is 5.97. The molecule has 0 aromatic heterocycles. The molecule has 0 saturated heterocycles. The predicted molar refractivity (Wildman–Crippen MR) is 86.6 cm³/mol. The van der Waals surface area contributed by atoms with Crippen LogP contribution in [0.2, 0.25) is 0 Å². The molecule has 2 rings (SSSR count). The lowest BCUT2D eigenvalue weighted by molar-refractivity contribution is 0.984. The monoisotopic (exact) mass is 273 g/mol. The van der Waals surface area contributed by atoms with Crippen LogP contribution < -0.4 is 10.6 Å². The minimum absolute atomic E-state index is 0.120. The van der Waals surface area contributed by atoms with Gasteiger partial charge in [-0.25, -0.2) is 0 Å². The molecule has 0 atom stereocenters. The van der Waals surface area contributed by atoms with Crippen LogP contribution >= 0.6 is 11.8 Å². The molecule has 0 amide bonds. The summed E-state index contributed by atoms with van der Waals surface area (Å²) in [5.41, 5.74) is 7.65. The SMILES string of the molecule is CSCCN(C)c1ccc(C(=N)N)c2ccccc12. The lowest BCUT2D eigenvalue weighted by Crippen LogP contribution is -2.21. The highest BCUT2D eigenvalue weighted by atomic mass is 32.2. The molecular formula is C15H19N3S. The van der Waals surface area contributed by atoms with E-state index in [-0.39, 0.29) is 5.84 Å². The number of nitrogen functional groups attached to an aromatic ring is 1. The third-order valence-corrected chi connectivity index (χ3v) is 3.82. The summed E-state index contributed by atoms with van der Waals surface area (Å²) in [6.07, 6.45) is 2.12. The van der Waals surface area contributed by atoms with Crippen LogP contribution in [-0.4, -0.2) is 31.4 Å². The van der Waals surface area contributed by atoms with Crippen molar-refractivity contribution in [1.29, 1.82) is 5.41 Å². The molecule has 2 aromatic rings. The maximum absolute atomic E-state index is 7.67. The minimum atomic E-state index is 0.120. The van der Waals surface area contributed by atoms with Gasteiger partial charge in [-0.3, -0.25) is 5.41 Å². The molecule has 3 N–H and O–H groups in total. The van der Waals surface area contributed by atoms with E-state index in [1.54, 1.807) is 0 Å². The smallest absolute Gasteiger partial charge is 0.123 e. The van der Waals surface area contributed by atoms with Crippen LogP contribution in [0.4, 0.5) is 5.69 Å². The van der Waals surface area contributed by atoms with Gasteiger partial charge in [-0.2, -0.15) is 11.8 Å². The fraction of sp³-hybridized carbons (Fsp3) is 0.267. The normalized spacial score (nSPS) is 10.6. The Morgan fingerprint density at radius 1 is 1.21 bits per heavy atom. The average molecular weight is 273 g/mol. The second-order valence-corrected chi connectivity index (χ2v) is 5.49. The first-order valence-electron chi connectivity index (χ1n) is 6.21. The van der Waals surface area contributed by atoms with E-state index in [0.29, 0.717) is 0 Å². The van der Waals surface area contributed by atoms with Gasteiger partial charge in [0.2, 0.25) is 0 Å². The number of nitrogens with two attached hydrogens (primary N) is 1. The molecule has 19 heavy (non-hydrogen) atoms. The van der Waals surface area contributed by atoms with E-state index in [0.717, 1.165) is 28.6 Å². The molecule has 0 spiro atoms. The molecule has 0 saturated carbocycles. The summed E-state index contributed by atoms with van der Waals surface area (Å²) in [6.45, 7) is 1.00. The van der Waals surface area contributed by atoms with E-state index < -0.39 is 0 Å². The molecule has 0 aliphatic heterocycles. The van der Waals surface area contributed by atoms with E-state index in [4.69, 9.17) is 11.1 Å². The van der Waals surface area contributed by atoms with Crippen LogP contribution in [0.3, 0.4) is 0 Å². The summed E-state index contributed by atoms with van der Waals surface area (Å²) < 4.78 is 0. The molecule has 0 aliphatic carbocycles. The van der Waals surface area contributed by atoms with Crippen molar-refractivity contribution in [2.24, 2.45) is 5.73 Å². The number of fused-ring (bicyclic) bond motifs is 1. The number of rotatable bonds is 5. The van der Waals surface area contributed by atoms with Crippen molar-refractivity contribution in [3.8, 4) is 0 Å².